The van der Waals surface area contributed by atoms with Crippen LogP contribution in [0.3, 0.4) is 0 Å². The molecule has 1 aromatic carbocycles. The maximum Gasteiger partial charge on any atom is 0.268 e. The van der Waals surface area contributed by atoms with Gasteiger partial charge in [0.1, 0.15) is 34.9 Å². The van der Waals surface area contributed by atoms with Crippen LogP contribution in [0.25, 0.3) is 11.0 Å². The van der Waals surface area contributed by atoms with Crippen LogP contribution in [-0.2, 0) is 30.7 Å². The molecule has 190 valence electrons. The van der Waals surface area contributed by atoms with Crippen molar-refractivity contribution in [2.45, 2.75) is 61.9 Å². The number of sulfonamides is 1. The normalized spacial score (nSPS) is 28.2. The summed E-state index contributed by atoms with van der Waals surface area (Å²) in [6.45, 7) is 3.77. The fourth-order valence-electron chi connectivity index (χ4n) is 5.11. The van der Waals surface area contributed by atoms with Crippen molar-refractivity contribution < 1.29 is 22.6 Å². The van der Waals surface area contributed by atoms with Gasteiger partial charge in [-0.2, -0.15) is 0 Å². The molecule has 3 aliphatic heterocycles. The minimum atomic E-state index is -3.70. The summed E-state index contributed by atoms with van der Waals surface area (Å²) in [5.74, 6) is -0.422. The molecule has 0 saturated carbocycles. The Morgan fingerprint density at radius 2 is 1.89 bits per heavy atom. The number of anilines is 1. The van der Waals surface area contributed by atoms with Gasteiger partial charge >= 0.3 is 0 Å². The summed E-state index contributed by atoms with van der Waals surface area (Å²) >= 11 is 0. The Morgan fingerprint density at radius 3 is 2.69 bits per heavy atom. The zero-order valence-electron chi connectivity index (χ0n) is 20.0. The minimum absolute atomic E-state index is 0.0633. The number of hydrogen-bond acceptors (Lipinski definition) is 10. The van der Waals surface area contributed by atoms with E-state index in [-0.39, 0.29) is 29.2 Å². The molecule has 0 radical (unpaired) electrons. The number of nitrogens with two attached hydrogens (primary N) is 2. The van der Waals surface area contributed by atoms with E-state index in [0.717, 1.165) is 15.3 Å². The SMILES string of the molecule is CN1C(N)=Nc2cc(CC[C@H]3O[C@@H](n4ccc5c(N)ncnc54)[C@@H]4OC(C)(C)O[C@@H]43)ccc2S1(=O)=O. The van der Waals surface area contributed by atoms with Crippen LogP contribution in [0, 0.1) is 0 Å². The first-order valence-electron chi connectivity index (χ1n) is 11.6. The predicted octanol–water partition coefficient (Wildman–Crippen LogP) is 1.64. The van der Waals surface area contributed by atoms with Crippen molar-refractivity contribution in [1.29, 1.82) is 0 Å². The van der Waals surface area contributed by atoms with Gasteiger partial charge in [-0.25, -0.2) is 27.7 Å². The molecule has 0 aliphatic carbocycles. The average molecular weight is 514 g/mol. The maximum atomic E-state index is 12.6. The van der Waals surface area contributed by atoms with Gasteiger partial charge in [0.2, 0.25) is 5.96 Å². The van der Waals surface area contributed by atoms with Crippen molar-refractivity contribution in [3.63, 3.8) is 0 Å². The van der Waals surface area contributed by atoms with Gasteiger partial charge in [-0.15, -0.1) is 0 Å². The second-order valence-corrected chi connectivity index (χ2v) is 11.6. The second kappa shape index (κ2) is 7.87. The van der Waals surface area contributed by atoms with Crippen LogP contribution in [-0.4, -0.2) is 64.4 Å². The number of aryl methyl sites for hydroxylation is 1. The number of ether oxygens (including phenoxy) is 3. The van der Waals surface area contributed by atoms with Crippen LogP contribution in [0.15, 0.2) is 46.7 Å². The fourth-order valence-corrected chi connectivity index (χ4v) is 6.30. The molecule has 0 bridgehead atoms. The quantitative estimate of drug-likeness (QED) is 0.528. The molecule has 36 heavy (non-hydrogen) atoms. The van der Waals surface area contributed by atoms with Crippen LogP contribution >= 0.6 is 0 Å². The first-order chi connectivity index (χ1) is 17.0. The third-order valence-corrected chi connectivity index (χ3v) is 8.69. The summed E-state index contributed by atoms with van der Waals surface area (Å²) in [6, 6.07) is 6.98. The standard InChI is InChI=1S/C23H27N7O5S/c1-23(2)34-17-15(6-4-12-5-7-16-14(10-12)28-22(25)29(3)36(16,31)32)33-21(18(17)35-23)30-9-8-13-19(24)26-11-27-20(13)30/h5,7-11,15,17-18,21H,4,6H2,1-3H3,(H2,25,28)(H2,24,26,27)/t15-,17-,18-,21-/m1/s1. The Bertz CT molecular complexity index is 1500. The predicted molar refractivity (Wildman–Crippen MR) is 131 cm³/mol. The van der Waals surface area contributed by atoms with Gasteiger partial charge in [0.25, 0.3) is 10.0 Å². The molecule has 0 spiro atoms. The van der Waals surface area contributed by atoms with E-state index in [1.54, 1.807) is 18.2 Å². The number of hydrogen-bond donors (Lipinski definition) is 2. The maximum absolute atomic E-state index is 12.6. The average Bonchev–Trinajstić information content (AvgIpc) is 3.48. The van der Waals surface area contributed by atoms with Crippen LogP contribution in [0.1, 0.15) is 32.1 Å². The van der Waals surface area contributed by atoms with Crippen molar-refractivity contribution in [2.24, 2.45) is 10.7 Å². The zero-order chi connectivity index (χ0) is 25.4. The Labute approximate surface area is 207 Å². The van der Waals surface area contributed by atoms with E-state index in [1.807, 2.05) is 30.7 Å². The molecule has 12 nitrogen and oxygen atoms in total. The van der Waals surface area contributed by atoms with E-state index in [4.69, 9.17) is 25.7 Å². The molecule has 0 amide bonds. The molecule has 3 aromatic rings. The van der Waals surface area contributed by atoms with Crippen LogP contribution in [0.2, 0.25) is 0 Å². The van der Waals surface area contributed by atoms with E-state index in [1.165, 1.54) is 13.4 Å². The Morgan fingerprint density at radius 1 is 1.11 bits per heavy atom. The zero-order valence-corrected chi connectivity index (χ0v) is 20.8. The highest BCUT2D eigenvalue weighted by Crippen LogP contribution is 2.45. The van der Waals surface area contributed by atoms with E-state index < -0.39 is 22.0 Å². The largest absolute Gasteiger partial charge is 0.383 e. The summed E-state index contributed by atoms with van der Waals surface area (Å²) < 4.78 is 47.1. The Kier molecular flexibility index (Phi) is 5.06. The molecule has 3 aliphatic rings. The van der Waals surface area contributed by atoms with E-state index in [2.05, 4.69) is 15.0 Å². The lowest BCUT2D eigenvalue weighted by atomic mass is 10.0. The van der Waals surface area contributed by atoms with Gasteiger partial charge in [-0.3, -0.25) is 0 Å². The van der Waals surface area contributed by atoms with Gasteiger partial charge in [0.05, 0.1) is 17.2 Å². The van der Waals surface area contributed by atoms with E-state index >= 15 is 0 Å². The topological polar surface area (TPSA) is 160 Å². The molecular formula is C23H27N7O5S. The second-order valence-electron chi connectivity index (χ2n) is 9.63. The summed E-state index contributed by atoms with van der Waals surface area (Å²) in [6.07, 6.45) is 3.19. The van der Waals surface area contributed by atoms with Gasteiger partial charge in [0, 0.05) is 13.2 Å². The molecule has 0 unspecified atom stereocenters. The number of nitrogen functional groups attached to an aromatic ring is 1. The van der Waals surface area contributed by atoms with Crippen molar-refractivity contribution in [2.75, 3.05) is 12.8 Å². The first kappa shape index (κ1) is 23.2. The third-order valence-electron chi connectivity index (χ3n) is 6.88. The van der Waals surface area contributed by atoms with E-state index in [0.29, 0.717) is 30.0 Å². The smallest absolute Gasteiger partial charge is 0.268 e. The minimum Gasteiger partial charge on any atom is -0.383 e. The molecule has 6 rings (SSSR count). The third kappa shape index (κ3) is 3.53. The van der Waals surface area contributed by atoms with Crippen molar-refractivity contribution >= 4 is 38.5 Å². The summed E-state index contributed by atoms with van der Waals surface area (Å²) in [4.78, 5) is 12.9. The lowest BCUT2D eigenvalue weighted by molar-refractivity contribution is -0.196. The number of benzene rings is 1. The molecule has 2 saturated heterocycles. The number of rotatable bonds is 4. The molecule has 5 heterocycles. The van der Waals surface area contributed by atoms with E-state index in [9.17, 15) is 8.42 Å². The highest BCUT2D eigenvalue weighted by Gasteiger charge is 2.55. The Balaban J connectivity index is 1.26. The first-order valence-corrected chi connectivity index (χ1v) is 13.0. The molecular weight excluding hydrogens is 486 g/mol. The van der Waals surface area contributed by atoms with Gasteiger partial charge in [-0.1, -0.05) is 6.07 Å². The monoisotopic (exact) mass is 513 g/mol. The summed E-state index contributed by atoms with van der Waals surface area (Å²) in [5, 5.41) is 0.744. The lowest BCUT2D eigenvalue weighted by Gasteiger charge is -2.25. The van der Waals surface area contributed by atoms with Crippen molar-refractivity contribution in [1.82, 2.24) is 18.8 Å². The number of guanidine groups is 1. The van der Waals surface area contributed by atoms with Gasteiger partial charge in [-0.05, 0) is 50.5 Å². The Hall–Kier alpha value is -3.26. The molecule has 4 atom stereocenters. The van der Waals surface area contributed by atoms with Crippen molar-refractivity contribution in [3.8, 4) is 0 Å². The number of nitrogens with zero attached hydrogens (tertiary/aromatic N) is 5. The molecule has 13 heteroatoms. The van der Waals surface area contributed by atoms with Crippen molar-refractivity contribution in [3.05, 3.63) is 42.4 Å². The van der Waals surface area contributed by atoms with Gasteiger partial charge < -0.3 is 30.2 Å². The van der Waals surface area contributed by atoms with Crippen LogP contribution in [0.5, 0.6) is 0 Å². The molecule has 2 fully saturated rings. The lowest BCUT2D eigenvalue weighted by Crippen LogP contribution is -2.40. The molecule has 4 N–H and O–H groups in total. The highest BCUT2D eigenvalue weighted by atomic mass is 32.2. The highest BCUT2D eigenvalue weighted by molar-refractivity contribution is 7.89. The number of fused-ring (bicyclic) bond motifs is 3. The van der Waals surface area contributed by atoms with Gasteiger partial charge in [0.15, 0.2) is 12.0 Å². The summed E-state index contributed by atoms with van der Waals surface area (Å²) in [7, 11) is -2.32. The fraction of sp³-hybridized carbons (Fsp3) is 0.435. The van der Waals surface area contributed by atoms with Crippen LogP contribution in [0.4, 0.5) is 11.5 Å². The summed E-state index contributed by atoms with van der Waals surface area (Å²) in [5.41, 5.74) is 13.8. The number of aliphatic imine (C=N–C) groups is 1. The van der Waals surface area contributed by atoms with Crippen LogP contribution < -0.4 is 11.5 Å². The number of aromatic nitrogens is 3. The molecule has 2 aromatic heterocycles.